The van der Waals surface area contributed by atoms with Crippen LogP contribution in [0.4, 0.5) is 10.5 Å². The van der Waals surface area contributed by atoms with Gasteiger partial charge in [0.15, 0.2) is 0 Å². The smallest absolute Gasteiger partial charge is 0.326 e. The maximum absolute atomic E-state index is 12.1. The summed E-state index contributed by atoms with van der Waals surface area (Å²) in [5, 5.41) is 14.1. The third-order valence-corrected chi connectivity index (χ3v) is 3.20. The molecule has 7 heteroatoms. The number of urea groups is 1. The lowest BCUT2D eigenvalue weighted by atomic mass is 9.88. The van der Waals surface area contributed by atoms with Gasteiger partial charge in [-0.05, 0) is 42.5 Å². The molecule has 0 saturated carbocycles. The molecular weight excluding hydrogens is 298 g/mol. The van der Waals surface area contributed by atoms with Crippen molar-refractivity contribution in [1.29, 1.82) is 0 Å². The molecule has 0 bridgehead atoms. The average molecular weight is 321 g/mol. The highest BCUT2D eigenvalue weighted by molar-refractivity contribution is 5.97. The minimum atomic E-state index is -1.06. The molecule has 1 atom stereocenters. The van der Waals surface area contributed by atoms with E-state index in [1.807, 2.05) is 20.8 Å². The summed E-state index contributed by atoms with van der Waals surface area (Å²) in [6, 6.07) is 4.38. The van der Waals surface area contributed by atoms with Gasteiger partial charge in [-0.25, -0.2) is 9.59 Å². The summed E-state index contributed by atoms with van der Waals surface area (Å²) in [7, 11) is 0. The Labute approximate surface area is 135 Å². The molecule has 0 aliphatic rings. The fraction of sp³-hybridized carbons (Fsp3) is 0.438. The van der Waals surface area contributed by atoms with Crippen molar-refractivity contribution >= 4 is 23.6 Å². The molecule has 1 rings (SSSR count). The number of benzene rings is 1. The van der Waals surface area contributed by atoms with E-state index in [0.29, 0.717) is 24.1 Å². The summed E-state index contributed by atoms with van der Waals surface area (Å²) >= 11 is 0. The van der Waals surface area contributed by atoms with E-state index in [1.165, 1.54) is 24.3 Å². The molecule has 1 unspecified atom stereocenters. The van der Waals surface area contributed by atoms with E-state index in [2.05, 4.69) is 10.6 Å². The highest BCUT2D eigenvalue weighted by atomic mass is 16.4. The molecule has 3 amide bonds. The first-order valence-electron chi connectivity index (χ1n) is 7.29. The fourth-order valence-electron chi connectivity index (χ4n) is 1.92. The molecule has 0 spiro atoms. The van der Waals surface area contributed by atoms with E-state index in [1.54, 1.807) is 0 Å². The van der Waals surface area contributed by atoms with Crippen LogP contribution in [0.5, 0.6) is 0 Å². The van der Waals surface area contributed by atoms with Gasteiger partial charge >= 0.3 is 12.0 Å². The number of nitrogens with two attached hydrogens (primary N) is 1. The molecule has 5 N–H and O–H groups in total. The topological polar surface area (TPSA) is 122 Å². The Bertz CT molecular complexity index is 576. The van der Waals surface area contributed by atoms with Crippen molar-refractivity contribution < 1.29 is 19.5 Å². The van der Waals surface area contributed by atoms with Gasteiger partial charge in [-0.3, -0.25) is 4.79 Å². The lowest BCUT2D eigenvalue weighted by molar-refractivity contribution is -0.139. The maximum atomic E-state index is 12.1. The SMILES string of the molecule is CC(C)(C)CCC(NC(=O)c1ccc(NC(N)=O)cc1)C(=O)O. The number of hydrogen-bond donors (Lipinski definition) is 4. The normalized spacial score (nSPS) is 12.3. The van der Waals surface area contributed by atoms with Crippen molar-refractivity contribution in [2.45, 2.75) is 39.7 Å². The molecule has 0 aliphatic heterocycles. The Morgan fingerprint density at radius 1 is 1.17 bits per heavy atom. The number of carbonyl (C=O) groups excluding carboxylic acids is 2. The number of aliphatic carboxylic acids is 1. The summed E-state index contributed by atoms with van der Waals surface area (Å²) in [6.07, 6.45) is 1.03. The van der Waals surface area contributed by atoms with Crippen LogP contribution >= 0.6 is 0 Å². The highest BCUT2D eigenvalue weighted by Gasteiger charge is 2.23. The number of primary amides is 1. The second-order valence-corrected chi connectivity index (χ2v) is 6.53. The molecule has 0 aliphatic carbocycles. The van der Waals surface area contributed by atoms with Crippen LogP contribution in [0.2, 0.25) is 0 Å². The van der Waals surface area contributed by atoms with Gasteiger partial charge in [-0.2, -0.15) is 0 Å². The standard InChI is InChI=1S/C16H23N3O4/c1-16(2,3)9-8-12(14(21)22)19-13(20)10-4-6-11(7-5-10)18-15(17)23/h4-7,12H,8-9H2,1-3H3,(H,19,20)(H,21,22)(H3,17,18,23). The maximum Gasteiger partial charge on any atom is 0.326 e. The van der Waals surface area contributed by atoms with E-state index in [-0.39, 0.29) is 5.41 Å². The quantitative estimate of drug-likeness (QED) is 0.641. The van der Waals surface area contributed by atoms with Crippen molar-refractivity contribution in [2.75, 3.05) is 5.32 Å². The number of hydrogen-bond acceptors (Lipinski definition) is 3. The first kappa shape index (κ1) is 18.5. The Morgan fingerprint density at radius 3 is 2.17 bits per heavy atom. The second kappa shape index (κ2) is 7.62. The van der Waals surface area contributed by atoms with Gasteiger partial charge in [0.2, 0.25) is 0 Å². The lowest BCUT2D eigenvalue weighted by Crippen LogP contribution is -2.41. The summed E-state index contributed by atoms with van der Waals surface area (Å²) in [5.74, 6) is -1.54. The van der Waals surface area contributed by atoms with Gasteiger partial charge in [-0.15, -0.1) is 0 Å². The van der Waals surface area contributed by atoms with Crippen LogP contribution < -0.4 is 16.4 Å². The van der Waals surface area contributed by atoms with E-state index in [0.717, 1.165) is 0 Å². The number of carbonyl (C=O) groups is 3. The zero-order valence-corrected chi connectivity index (χ0v) is 13.6. The van der Waals surface area contributed by atoms with Gasteiger partial charge in [0.25, 0.3) is 5.91 Å². The molecule has 1 aromatic rings. The first-order valence-corrected chi connectivity index (χ1v) is 7.29. The molecule has 0 saturated heterocycles. The Kier molecular flexibility index (Phi) is 6.12. The van der Waals surface area contributed by atoms with Crippen molar-refractivity contribution in [3.05, 3.63) is 29.8 Å². The first-order chi connectivity index (χ1) is 10.6. The molecule has 23 heavy (non-hydrogen) atoms. The summed E-state index contributed by atoms with van der Waals surface area (Å²) in [6.45, 7) is 6.04. The monoisotopic (exact) mass is 321 g/mol. The molecule has 0 radical (unpaired) electrons. The predicted molar refractivity (Wildman–Crippen MR) is 87.2 cm³/mol. The van der Waals surface area contributed by atoms with Crippen molar-refractivity contribution in [3.63, 3.8) is 0 Å². The molecule has 1 aromatic carbocycles. The van der Waals surface area contributed by atoms with Crippen LogP contribution in [0.15, 0.2) is 24.3 Å². The van der Waals surface area contributed by atoms with Crippen LogP contribution in [0, 0.1) is 5.41 Å². The number of carboxylic acids is 1. The average Bonchev–Trinajstić information content (AvgIpc) is 2.42. The number of nitrogens with one attached hydrogen (secondary N) is 2. The van der Waals surface area contributed by atoms with Crippen molar-refractivity contribution in [1.82, 2.24) is 5.32 Å². The van der Waals surface area contributed by atoms with Gasteiger partial charge in [0.05, 0.1) is 0 Å². The van der Waals surface area contributed by atoms with E-state index >= 15 is 0 Å². The molecule has 126 valence electrons. The Balaban J connectivity index is 2.71. The largest absolute Gasteiger partial charge is 0.480 e. The molecule has 0 aromatic heterocycles. The summed E-state index contributed by atoms with van der Waals surface area (Å²) in [5.41, 5.74) is 5.74. The fourth-order valence-corrected chi connectivity index (χ4v) is 1.92. The summed E-state index contributed by atoms with van der Waals surface area (Å²) < 4.78 is 0. The van der Waals surface area contributed by atoms with Gasteiger partial charge in [0, 0.05) is 11.3 Å². The van der Waals surface area contributed by atoms with Crippen LogP contribution in [0.25, 0.3) is 0 Å². The number of anilines is 1. The Morgan fingerprint density at radius 2 is 1.74 bits per heavy atom. The lowest BCUT2D eigenvalue weighted by Gasteiger charge is -2.21. The zero-order chi connectivity index (χ0) is 17.6. The van der Waals surface area contributed by atoms with Crippen molar-refractivity contribution in [2.24, 2.45) is 11.1 Å². The number of rotatable bonds is 6. The molecular formula is C16H23N3O4. The highest BCUT2D eigenvalue weighted by Crippen LogP contribution is 2.21. The van der Waals surface area contributed by atoms with Crippen molar-refractivity contribution in [3.8, 4) is 0 Å². The zero-order valence-electron chi connectivity index (χ0n) is 13.6. The summed E-state index contributed by atoms with van der Waals surface area (Å²) in [4.78, 5) is 34.1. The minimum absolute atomic E-state index is 0.0134. The molecule has 0 heterocycles. The number of carboxylic acid groups (broad SMARTS) is 1. The predicted octanol–water partition coefficient (Wildman–Crippen LogP) is 2.19. The third-order valence-electron chi connectivity index (χ3n) is 3.20. The second-order valence-electron chi connectivity index (χ2n) is 6.53. The van der Waals surface area contributed by atoms with Crippen LogP contribution in [0.3, 0.4) is 0 Å². The van der Waals surface area contributed by atoms with Gasteiger partial charge in [0.1, 0.15) is 6.04 Å². The van der Waals surface area contributed by atoms with E-state index in [4.69, 9.17) is 5.73 Å². The van der Waals surface area contributed by atoms with Crippen LogP contribution in [-0.2, 0) is 4.79 Å². The van der Waals surface area contributed by atoms with E-state index in [9.17, 15) is 19.5 Å². The van der Waals surface area contributed by atoms with Crippen LogP contribution in [-0.4, -0.2) is 29.1 Å². The van der Waals surface area contributed by atoms with Crippen LogP contribution in [0.1, 0.15) is 44.0 Å². The minimum Gasteiger partial charge on any atom is -0.480 e. The van der Waals surface area contributed by atoms with E-state index < -0.39 is 23.9 Å². The Hall–Kier alpha value is -2.57. The third kappa shape index (κ3) is 6.82. The number of amides is 3. The molecule has 0 fully saturated rings. The molecule has 7 nitrogen and oxygen atoms in total. The van der Waals surface area contributed by atoms with Gasteiger partial charge < -0.3 is 21.5 Å². The van der Waals surface area contributed by atoms with Gasteiger partial charge in [-0.1, -0.05) is 20.8 Å².